The van der Waals surface area contributed by atoms with Gasteiger partial charge in [-0.2, -0.15) is 0 Å². The zero-order valence-electron chi connectivity index (χ0n) is 14.1. The Kier molecular flexibility index (Phi) is 5.51. The average Bonchev–Trinajstić information content (AvgIpc) is 3.15. The van der Waals surface area contributed by atoms with Crippen LogP contribution in [0, 0.1) is 20.2 Å². The minimum absolute atomic E-state index is 0.0454. The molecule has 0 radical (unpaired) electrons. The van der Waals surface area contributed by atoms with Crippen LogP contribution in [0.2, 0.25) is 0 Å². The van der Waals surface area contributed by atoms with Crippen molar-refractivity contribution in [3.8, 4) is 11.3 Å². The molecule has 10 heteroatoms. The molecule has 1 heterocycles. The van der Waals surface area contributed by atoms with E-state index < -0.39 is 15.8 Å². The van der Waals surface area contributed by atoms with Crippen molar-refractivity contribution in [2.75, 3.05) is 5.32 Å². The van der Waals surface area contributed by atoms with Gasteiger partial charge in [0.25, 0.3) is 11.4 Å². The maximum Gasteiger partial charge on any atom is 0.270 e. The molecule has 1 amide bonds. The van der Waals surface area contributed by atoms with E-state index in [0.717, 1.165) is 0 Å². The lowest BCUT2D eigenvalue weighted by Crippen LogP contribution is -2.07. The summed E-state index contributed by atoms with van der Waals surface area (Å²) >= 11 is 1.18. The maximum atomic E-state index is 12.0. The smallest absolute Gasteiger partial charge is 0.270 e. The Morgan fingerprint density at radius 3 is 2.43 bits per heavy atom. The molecule has 0 unspecified atom stereocenters. The van der Waals surface area contributed by atoms with Crippen LogP contribution in [0.25, 0.3) is 17.3 Å². The summed E-state index contributed by atoms with van der Waals surface area (Å²) in [7, 11) is 0. The normalized spacial score (nSPS) is 10.7. The first-order valence-electron chi connectivity index (χ1n) is 7.86. The summed E-state index contributed by atoms with van der Waals surface area (Å²) in [4.78, 5) is 36.9. The van der Waals surface area contributed by atoms with E-state index in [-0.39, 0.29) is 11.4 Å². The number of nitrogens with zero attached hydrogens (tertiary/aromatic N) is 3. The van der Waals surface area contributed by atoms with E-state index in [1.807, 2.05) is 0 Å². The quantitative estimate of drug-likeness (QED) is 0.376. The first-order chi connectivity index (χ1) is 13.4. The van der Waals surface area contributed by atoms with Gasteiger partial charge in [0.05, 0.1) is 15.5 Å². The summed E-state index contributed by atoms with van der Waals surface area (Å²) in [5.41, 5.74) is 1.48. The Bertz CT molecular complexity index is 1090. The summed E-state index contributed by atoms with van der Waals surface area (Å²) < 4.78 is 0. The zero-order valence-corrected chi connectivity index (χ0v) is 15.0. The van der Waals surface area contributed by atoms with Gasteiger partial charge in [0.15, 0.2) is 5.13 Å². The van der Waals surface area contributed by atoms with E-state index in [2.05, 4.69) is 10.3 Å². The van der Waals surface area contributed by atoms with Crippen LogP contribution in [-0.4, -0.2) is 20.7 Å². The zero-order chi connectivity index (χ0) is 20.1. The molecule has 1 aromatic heterocycles. The second-order valence-electron chi connectivity index (χ2n) is 5.52. The van der Waals surface area contributed by atoms with Gasteiger partial charge in [-0.1, -0.05) is 24.3 Å². The third-order valence-electron chi connectivity index (χ3n) is 3.60. The molecular formula is C18H12N4O5S. The first-order valence-corrected chi connectivity index (χ1v) is 8.74. The number of hydrogen-bond acceptors (Lipinski definition) is 7. The highest BCUT2D eigenvalue weighted by molar-refractivity contribution is 7.14. The second-order valence-corrected chi connectivity index (χ2v) is 6.38. The maximum absolute atomic E-state index is 12.0. The van der Waals surface area contributed by atoms with Gasteiger partial charge in [-0.05, 0) is 11.6 Å². The third-order valence-corrected chi connectivity index (χ3v) is 4.35. The molecule has 3 rings (SSSR count). The lowest BCUT2D eigenvalue weighted by Gasteiger charge is -1.98. The second kappa shape index (κ2) is 8.18. The summed E-state index contributed by atoms with van der Waals surface area (Å²) in [6.45, 7) is 0. The third kappa shape index (κ3) is 4.62. The highest BCUT2D eigenvalue weighted by atomic mass is 32.1. The fourth-order valence-electron chi connectivity index (χ4n) is 2.30. The van der Waals surface area contributed by atoms with Crippen LogP contribution >= 0.6 is 11.3 Å². The lowest BCUT2D eigenvalue weighted by atomic mass is 10.1. The van der Waals surface area contributed by atoms with E-state index >= 15 is 0 Å². The number of hydrogen-bond donors (Lipinski definition) is 1. The van der Waals surface area contributed by atoms with Crippen molar-refractivity contribution in [2.45, 2.75) is 0 Å². The molecule has 3 aromatic rings. The highest BCUT2D eigenvalue weighted by Gasteiger charge is 2.11. The molecule has 0 fully saturated rings. The van der Waals surface area contributed by atoms with E-state index in [0.29, 0.717) is 22.0 Å². The number of carbonyl (C=O) groups is 1. The number of nitro groups is 2. The van der Waals surface area contributed by atoms with Gasteiger partial charge in [0.1, 0.15) is 0 Å². The number of nitro benzene ring substituents is 2. The molecule has 28 heavy (non-hydrogen) atoms. The Labute approximate surface area is 162 Å². The lowest BCUT2D eigenvalue weighted by molar-refractivity contribution is -0.385. The molecule has 0 saturated carbocycles. The van der Waals surface area contributed by atoms with Crippen LogP contribution in [-0.2, 0) is 4.79 Å². The Morgan fingerprint density at radius 2 is 1.71 bits per heavy atom. The van der Waals surface area contributed by atoms with Crippen molar-refractivity contribution in [3.05, 3.63) is 85.8 Å². The van der Waals surface area contributed by atoms with Crippen LogP contribution in [0.3, 0.4) is 0 Å². The van der Waals surface area contributed by atoms with Gasteiger partial charge >= 0.3 is 0 Å². The summed E-state index contributed by atoms with van der Waals surface area (Å²) in [6, 6.07) is 11.9. The topological polar surface area (TPSA) is 128 Å². The van der Waals surface area contributed by atoms with Crippen LogP contribution in [0.5, 0.6) is 0 Å². The van der Waals surface area contributed by atoms with Crippen LogP contribution < -0.4 is 5.32 Å². The summed E-state index contributed by atoms with van der Waals surface area (Å²) in [5, 5.41) is 26.2. The molecule has 0 spiro atoms. The number of nitrogens with one attached hydrogen (secondary N) is 1. The number of non-ortho nitro benzene ring substituents is 2. The SMILES string of the molecule is O=C(/C=C/c1cccc([N+](=O)[O-])c1)Nc1nc(-c2cccc([N+](=O)[O-])c2)cs1. The molecule has 1 N–H and O–H groups in total. The van der Waals surface area contributed by atoms with Crippen molar-refractivity contribution in [2.24, 2.45) is 0 Å². The molecule has 0 atom stereocenters. The van der Waals surface area contributed by atoms with Crippen molar-refractivity contribution in [3.63, 3.8) is 0 Å². The van der Waals surface area contributed by atoms with Gasteiger partial charge in [0, 0.05) is 41.3 Å². The predicted molar refractivity (Wildman–Crippen MR) is 105 cm³/mol. The molecule has 9 nitrogen and oxygen atoms in total. The molecule has 140 valence electrons. The largest absolute Gasteiger partial charge is 0.298 e. The number of rotatable bonds is 6. The van der Waals surface area contributed by atoms with E-state index in [9.17, 15) is 25.0 Å². The van der Waals surface area contributed by atoms with Crippen molar-refractivity contribution < 1.29 is 14.6 Å². The number of anilines is 1. The molecule has 2 aromatic carbocycles. The number of benzene rings is 2. The number of amides is 1. The van der Waals surface area contributed by atoms with Crippen molar-refractivity contribution in [1.29, 1.82) is 0 Å². The monoisotopic (exact) mass is 396 g/mol. The van der Waals surface area contributed by atoms with Crippen molar-refractivity contribution in [1.82, 2.24) is 4.98 Å². The molecular weight excluding hydrogens is 384 g/mol. The average molecular weight is 396 g/mol. The Hall–Kier alpha value is -3.92. The molecule has 0 bridgehead atoms. The minimum Gasteiger partial charge on any atom is -0.298 e. The standard InChI is InChI=1S/C18H12N4O5S/c23-17(8-7-12-3-1-5-14(9-12)21(24)25)20-18-19-16(11-28-18)13-4-2-6-15(10-13)22(26)27/h1-11H,(H,19,20,23)/b8-7+. The first kappa shape index (κ1) is 18.9. The summed E-state index contributed by atoms with van der Waals surface area (Å²) in [6.07, 6.45) is 2.70. The number of aromatic nitrogens is 1. The van der Waals surface area contributed by atoms with Gasteiger partial charge < -0.3 is 0 Å². The molecule has 0 aliphatic carbocycles. The van der Waals surface area contributed by atoms with E-state index in [1.165, 1.54) is 53.8 Å². The van der Waals surface area contributed by atoms with Crippen LogP contribution in [0.15, 0.2) is 60.0 Å². The molecule has 0 aliphatic heterocycles. The fourth-order valence-corrected chi connectivity index (χ4v) is 3.03. The van der Waals surface area contributed by atoms with Gasteiger partial charge in [-0.15, -0.1) is 11.3 Å². The molecule has 0 saturated heterocycles. The van der Waals surface area contributed by atoms with E-state index in [1.54, 1.807) is 23.6 Å². The Morgan fingerprint density at radius 1 is 1.04 bits per heavy atom. The van der Waals surface area contributed by atoms with E-state index in [4.69, 9.17) is 0 Å². The van der Waals surface area contributed by atoms with Crippen LogP contribution in [0.1, 0.15) is 5.56 Å². The van der Waals surface area contributed by atoms with Gasteiger partial charge in [-0.25, -0.2) is 4.98 Å². The minimum atomic E-state index is -0.511. The highest BCUT2D eigenvalue weighted by Crippen LogP contribution is 2.27. The number of carbonyl (C=O) groups excluding carboxylic acids is 1. The summed E-state index contributed by atoms with van der Waals surface area (Å²) in [5.74, 6) is -0.452. The fraction of sp³-hybridized carbons (Fsp3) is 0. The van der Waals surface area contributed by atoms with Crippen LogP contribution in [0.4, 0.5) is 16.5 Å². The Balaban J connectivity index is 1.69. The predicted octanol–water partition coefficient (Wildman–Crippen LogP) is 4.28. The molecule has 0 aliphatic rings. The van der Waals surface area contributed by atoms with Gasteiger partial charge in [-0.3, -0.25) is 30.3 Å². The van der Waals surface area contributed by atoms with Gasteiger partial charge in [0.2, 0.25) is 5.91 Å². The van der Waals surface area contributed by atoms with Crippen molar-refractivity contribution >= 4 is 39.8 Å². The number of thiazole rings is 1.